The second kappa shape index (κ2) is 5.81. The lowest BCUT2D eigenvalue weighted by Gasteiger charge is -2.33. The van der Waals surface area contributed by atoms with Gasteiger partial charge in [-0.1, -0.05) is 0 Å². The van der Waals surface area contributed by atoms with Crippen LogP contribution in [-0.4, -0.2) is 44.2 Å². The number of hydrogen-bond donors (Lipinski definition) is 0. The fourth-order valence-corrected chi connectivity index (χ4v) is 1.54. The van der Waals surface area contributed by atoms with Gasteiger partial charge in [0.2, 0.25) is 0 Å². The molecule has 1 aliphatic rings. The van der Waals surface area contributed by atoms with E-state index in [1.165, 1.54) is 21.0 Å². The van der Waals surface area contributed by atoms with E-state index >= 15 is 0 Å². The van der Waals surface area contributed by atoms with E-state index in [1.807, 2.05) is 0 Å². The molecular formula is C10H16O6. The van der Waals surface area contributed by atoms with Crippen molar-refractivity contribution in [3.05, 3.63) is 0 Å². The number of hydrogen-bond acceptors (Lipinski definition) is 6. The van der Waals surface area contributed by atoms with Crippen molar-refractivity contribution in [2.75, 3.05) is 13.7 Å². The average Bonchev–Trinajstić information content (AvgIpc) is 2.19. The van der Waals surface area contributed by atoms with E-state index in [2.05, 4.69) is 0 Å². The zero-order valence-electron chi connectivity index (χ0n) is 9.60. The molecule has 0 aliphatic carbocycles. The first kappa shape index (κ1) is 12.9. The molecule has 0 N–H and O–H groups in total. The molecule has 1 rings (SSSR count). The molecule has 1 fully saturated rings. The monoisotopic (exact) mass is 232 g/mol. The molecule has 0 spiro atoms. The lowest BCUT2D eigenvalue weighted by molar-refractivity contribution is -0.224. The van der Waals surface area contributed by atoms with Crippen molar-refractivity contribution in [2.45, 2.75) is 38.8 Å². The Kier molecular flexibility index (Phi) is 4.70. The van der Waals surface area contributed by atoms with E-state index in [0.29, 0.717) is 6.42 Å². The van der Waals surface area contributed by atoms with Gasteiger partial charge in [-0.25, -0.2) is 0 Å². The molecule has 1 aliphatic heterocycles. The quantitative estimate of drug-likeness (QED) is 0.649. The van der Waals surface area contributed by atoms with Crippen LogP contribution in [0.15, 0.2) is 0 Å². The van der Waals surface area contributed by atoms with Crippen molar-refractivity contribution in [3.63, 3.8) is 0 Å². The fourth-order valence-electron chi connectivity index (χ4n) is 1.54. The smallest absolute Gasteiger partial charge is 0.303 e. The summed E-state index contributed by atoms with van der Waals surface area (Å²) in [6.45, 7) is 2.77. The Morgan fingerprint density at radius 1 is 1.12 bits per heavy atom. The van der Waals surface area contributed by atoms with E-state index in [0.717, 1.165) is 0 Å². The molecule has 16 heavy (non-hydrogen) atoms. The number of methoxy groups -OCH3 is 1. The van der Waals surface area contributed by atoms with Gasteiger partial charge < -0.3 is 18.9 Å². The highest BCUT2D eigenvalue weighted by molar-refractivity contribution is 5.67. The normalized spacial score (nSPS) is 29.6. The van der Waals surface area contributed by atoms with Crippen LogP contribution in [0.5, 0.6) is 0 Å². The third kappa shape index (κ3) is 3.79. The second-order valence-corrected chi connectivity index (χ2v) is 3.53. The number of esters is 2. The Bertz CT molecular complexity index is 264. The second-order valence-electron chi connectivity index (χ2n) is 3.53. The van der Waals surface area contributed by atoms with E-state index in [-0.39, 0.29) is 6.61 Å². The lowest BCUT2D eigenvalue weighted by Crippen LogP contribution is -2.46. The summed E-state index contributed by atoms with van der Waals surface area (Å²) < 4.78 is 20.3. The van der Waals surface area contributed by atoms with E-state index in [4.69, 9.17) is 18.9 Å². The molecule has 0 aromatic carbocycles. The maximum Gasteiger partial charge on any atom is 0.303 e. The molecule has 0 saturated carbocycles. The van der Waals surface area contributed by atoms with E-state index in [9.17, 15) is 9.59 Å². The predicted molar refractivity (Wildman–Crippen MR) is 52.5 cm³/mol. The number of carbonyl (C=O) groups is 2. The largest absolute Gasteiger partial charge is 0.458 e. The van der Waals surface area contributed by atoms with Crippen molar-refractivity contribution >= 4 is 11.9 Å². The van der Waals surface area contributed by atoms with Crippen LogP contribution in [0.1, 0.15) is 20.3 Å². The van der Waals surface area contributed by atoms with Crippen LogP contribution in [0.2, 0.25) is 0 Å². The molecule has 1 saturated heterocycles. The van der Waals surface area contributed by atoms with Crippen LogP contribution in [0.4, 0.5) is 0 Å². The molecule has 0 aromatic rings. The van der Waals surface area contributed by atoms with Crippen molar-refractivity contribution in [2.24, 2.45) is 0 Å². The van der Waals surface area contributed by atoms with Gasteiger partial charge in [0.25, 0.3) is 0 Å². The molecule has 0 radical (unpaired) electrons. The molecule has 1 heterocycles. The van der Waals surface area contributed by atoms with E-state index < -0.39 is 30.4 Å². The van der Waals surface area contributed by atoms with Gasteiger partial charge in [0.1, 0.15) is 6.10 Å². The highest BCUT2D eigenvalue weighted by Gasteiger charge is 2.35. The minimum absolute atomic E-state index is 0.163. The summed E-state index contributed by atoms with van der Waals surface area (Å²) in [6.07, 6.45) is -1.15. The summed E-state index contributed by atoms with van der Waals surface area (Å²) in [7, 11) is 1.50. The lowest BCUT2D eigenvalue weighted by atomic mass is 10.1. The van der Waals surface area contributed by atoms with Gasteiger partial charge in [0, 0.05) is 27.4 Å². The number of rotatable bonds is 3. The summed E-state index contributed by atoms with van der Waals surface area (Å²) >= 11 is 0. The highest BCUT2D eigenvalue weighted by atomic mass is 16.7. The summed E-state index contributed by atoms with van der Waals surface area (Å²) in [5.74, 6) is -0.847. The number of carbonyl (C=O) groups excluding carboxylic acids is 2. The van der Waals surface area contributed by atoms with Crippen LogP contribution in [-0.2, 0) is 28.5 Å². The minimum atomic E-state index is -0.562. The topological polar surface area (TPSA) is 71.1 Å². The Hall–Kier alpha value is -1.14. The molecule has 0 unspecified atom stereocenters. The summed E-state index contributed by atoms with van der Waals surface area (Å²) in [4.78, 5) is 21.7. The summed E-state index contributed by atoms with van der Waals surface area (Å²) in [5.41, 5.74) is 0. The van der Waals surface area contributed by atoms with Crippen LogP contribution >= 0.6 is 0 Å². The Labute approximate surface area is 93.8 Å². The zero-order chi connectivity index (χ0) is 12.1. The first-order chi connectivity index (χ1) is 7.52. The molecule has 92 valence electrons. The average molecular weight is 232 g/mol. The predicted octanol–water partition coefficient (Wildman–Crippen LogP) is 0.243. The first-order valence-corrected chi connectivity index (χ1v) is 5.01. The third-order valence-corrected chi connectivity index (χ3v) is 2.18. The fraction of sp³-hybridized carbons (Fsp3) is 0.800. The SMILES string of the molecule is CO[C@@H]1C[C@@H](OC(C)=O)[C@@H](OC(C)=O)CO1. The third-order valence-electron chi connectivity index (χ3n) is 2.18. The van der Waals surface area contributed by atoms with Gasteiger partial charge in [0.15, 0.2) is 12.4 Å². The zero-order valence-corrected chi connectivity index (χ0v) is 9.60. The summed E-state index contributed by atoms with van der Waals surface area (Å²) in [6, 6.07) is 0. The van der Waals surface area contributed by atoms with Crippen LogP contribution in [0, 0.1) is 0 Å². The van der Waals surface area contributed by atoms with Gasteiger partial charge in [-0.3, -0.25) is 9.59 Å². The minimum Gasteiger partial charge on any atom is -0.458 e. The molecule has 6 nitrogen and oxygen atoms in total. The van der Waals surface area contributed by atoms with Crippen LogP contribution in [0.25, 0.3) is 0 Å². The van der Waals surface area contributed by atoms with Crippen LogP contribution in [0.3, 0.4) is 0 Å². The van der Waals surface area contributed by atoms with E-state index in [1.54, 1.807) is 0 Å². The molecule has 0 amide bonds. The van der Waals surface area contributed by atoms with Crippen molar-refractivity contribution < 1.29 is 28.5 Å². The molecule has 6 heteroatoms. The van der Waals surface area contributed by atoms with Gasteiger partial charge in [-0.2, -0.15) is 0 Å². The first-order valence-electron chi connectivity index (χ1n) is 5.01. The van der Waals surface area contributed by atoms with Crippen molar-refractivity contribution in [1.82, 2.24) is 0 Å². The number of ether oxygens (including phenoxy) is 4. The summed E-state index contributed by atoms with van der Waals surface area (Å²) in [5, 5.41) is 0. The van der Waals surface area contributed by atoms with Gasteiger partial charge >= 0.3 is 11.9 Å². The van der Waals surface area contributed by atoms with Crippen LogP contribution < -0.4 is 0 Å². The maximum atomic E-state index is 10.9. The molecular weight excluding hydrogens is 216 g/mol. The van der Waals surface area contributed by atoms with Gasteiger partial charge in [0.05, 0.1) is 6.61 Å². The Morgan fingerprint density at radius 3 is 2.19 bits per heavy atom. The Morgan fingerprint density at radius 2 is 1.69 bits per heavy atom. The van der Waals surface area contributed by atoms with Crippen molar-refractivity contribution in [1.29, 1.82) is 0 Å². The maximum absolute atomic E-state index is 10.9. The molecule has 3 atom stereocenters. The van der Waals surface area contributed by atoms with Crippen molar-refractivity contribution in [3.8, 4) is 0 Å². The highest BCUT2D eigenvalue weighted by Crippen LogP contribution is 2.20. The standard InChI is InChI=1S/C10H16O6/c1-6(11)15-8-4-10(13-3)14-5-9(8)16-7(2)12/h8-10H,4-5H2,1-3H3/t8-,9+,10+/m1/s1. The Balaban J connectivity index is 2.59. The van der Waals surface area contributed by atoms with Gasteiger partial charge in [-0.15, -0.1) is 0 Å². The molecule has 0 bridgehead atoms. The molecule has 0 aromatic heterocycles. The van der Waals surface area contributed by atoms with Gasteiger partial charge in [-0.05, 0) is 0 Å².